The Hall–Kier alpha value is -1.86. The Morgan fingerprint density at radius 2 is 2.32 bits per heavy atom. The monoisotopic (exact) mass is 332 g/mol. The summed E-state index contributed by atoms with van der Waals surface area (Å²) in [5.41, 5.74) is 7.09. The highest BCUT2D eigenvalue weighted by atomic mass is 32.2. The molecule has 0 radical (unpaired) electrons. The molecule has 1 aromatic heterocycles. The van der Waals surface area contributed by atoms with Gasteiger partial charge in [0.15, 0.2) is 10.3 Å². The number of amides is 1. The highest BCUT2D eigenvalue weighted by molar-refractivity contribution is 8.13. The maximum Gasteiger partial charge on any atom is 0.257 e. The number of nitrogens with one attached hydrogen (secondary N) is 1. The Kier molecular flexibility index (Phi) is 4.17. The van der Waals surface area contributed by atoms with Crippen LogP contribution in [0, 0.1) is 0 Å². The number of rotatable bonds is 3. The first kappa shape index (κ1) is 15.1. The second-order valence-corrected chi connectivity index (χ2v) is 7.20. The zero-order valence-corrected chi connectivity index (χ0v) is 13.7. The summed E-state index contributed by atoms with van der Waals surface area (Å²) in [6.07, 6.45) is 2.56. The van der Waals surface area contributed by atoms with Gasteiger partial charge in [0, 0.05) is 22.9 Å². The number of carbonyl (C=O) groups is 1. The van der Waals surface area contributed by atoms with Crippen LogP contribution in [0.5, 0.6) is 0 Å². The standard InChI is InChI=1S/C15H16N4OS2/c1-15(5-7-21-13(16)19-15)11-4-2-3-10(9-11)12(20)18-14-17-6-8-22-14/h2-4,6,8-9H,5,7H2,1H3,(H2,16,19)(H,17,18,20). The zero-order chi connectivity index (χ0) is 15.6. The van der Waals surface area contributed by atoms with Crippen LogP contribution in [0.25, 0.3) is 0 Å². The second kappa shape index (κ2) is 6.10. The lowest BCUT2D eigenvalue weighted by atomic mass is 9.89. The minimum atomic E-state index is -0.368. The van der Waals surface area contributed by atoms with Gasteiger partial charge in [0.2, 0.25) is 0 Å². The molecule has 0 aliphatic carbocycles. The molecule has 5 nitrogen and oxygen atoms in total. The van der Waals surface area contributed by atoms with E-state index in [1.807, 2.05) is 23.6 Å². The SMILES string of the molecule is CC1(c2cccc(C(=O)Nc3nccs3)c2)CCSC(N)=N1. The average molecular weight is 332 g/mol. The van der Waals surface area contributed by atoms with E-state index < -0.39 is 0 Å². The molecular formula is C15H16N4OS2. The minimum Gasteiger partial charge on any atom is -0.379 e. The first-order valence-corrected chi connectivity index (χ1v) is 8.73. The molecule has 1 amide bonds. The Morgan fingerprint density at radius 1 is 1.45 bits per heavy atom. The predicted octanol–water partition coefficient (Wildman–Crippen LogP) is 3.06. The molecule has 1 aliphatic rings. The number of nitrogens with zero attached hydrogens (tertiary/aromatic N) is 2. The van der Waals surface area contributed by atoms with E-state index in [0.717, 1.165) is 17.7 Å². The van der Waals surface area contributed by atoms with Gasteiger partial charge >= 0.3 is 0 Å². The summed E-state index contributed by atoms with van der Waals surface area (Å²) in [7, 11) is 0. The van der Waals surface area contributed by atoms with E-state index in [1.54, 1.807) is 24.0 Å². The highest BCUT2D eigenvalue weighted by Crippen LogP contribution is 2.35. The summed E-state index contributed by atoms with van der Waals surface area (Å²) in [5, 5.41) is 5.82. The summed E-state index contributed by atoms with van der Waals surface area (Å²) < 4.78 is 0. The molecule has 0 spiro atoms. The number of hydrogen-bond donors (Lipinski definition) is 2. The number of thioether (sulfide) groups is 1. The molecule has 1 aromatic carbocycles. The quantitative estimate of drug-likeness (QED) is 0.905. The van der Waals surface area contributed by atoms with Crippen molar-refractivity contribution in [2.45, 2.75) is 18.9 Å². The van der Waals surface area contributed by atoms with Gasteiger partial charge in [0.05, 0.1) is 5.54 Å². The number of carbonyl (C=O) groups excluding carboxylic acids is 1. The molecule has 0 fully saturated rings. The Bertz CT molecular complexity index is 714. The molecule has 1 aliphatic heterocycles. The van der Waals surface area contributed by atoms with Crippen LogP contribution in [-0.4, -0.2) is 21.8 Å². The topological polar surface area (TPSA) is 80.4 Å². The van der Waals surface area contributed by atoms with E-state index in [9.17, 15) is 4.79 Å². The lowest BCUT2D eigenvalue weighted by Gasteiger charge is -2.30. The van der Waals surface area contributed by atoms with Crippen molar-refractivity contribution in [2.24, 2.45) is 10.7 Å². The number of amidine groups is 1. The van der Waals surface area contributed by atoms with E-state index in [2.05, 4.69) is 22.2 Å². The number of aliphatic imine (C=N–C) groups is 1. The molecule has 3 N–H and O–H groups in total. The van der Waals surface area contributed by atoms with Gasteiger partial charge in [-0.25, -0.2) is 4.98 Å². The highest BCUT2D eigenvalue weighted by Gasteiger charge is 2.29. The fraction of sp³-hybridized carbons (Fsp3) is 0.267. The molecule has 7 heteroatoms. The predicted molar refractivity (Wildman–Crippen MR) is 92.6 cm³/mol. The largest absolute Gasteiger partial charge is 0.379 e. The number of hydrogen-bond acceptors (Lipinski definition) is 6. The molecule has 22 heavy (non-hydrogen) atoms. The molecule has 114 valence electrons. The molecule has 0 bridgehead atoms. The summed E-state index contributed by atoms with van der Waals surface area (Å²) in [4.78, 5) is 20.9. The van der Waals surface area contributed by atoms with Gasteiger partial charge in [-0.1, -0.05) is 23.9 Å². The van der Waals surface area contributed by atoms with Crippen LogP contribution >= 0.6 is 23.1 Å². The van der Waals surface area contributed by atoms with Gasteiger partial charge in [-0.3, -0.25) is 15.1 Å². The van der Waals surface area contributed by atoms with Crippen LogP contribution < -0.4 is 11.1 Å². The van der Waals surface area contributed by atoms with Crippen molar-refractivity contribution in [1.29, 1.82) is 0 Å². The van der Waals surface area contributed by atoms with E-state index in [-0.39, 0.29) is 11.4 Å². The zero-order valence-electron chi connectivity index (χ0n) is 12.1. The number of aromatic nitrogens is 1. The van der Waals surface area contributed by atoms with E-state index in [4.69, 9.17) is 5.73 Å². The van der Waals surface area contributed by atoms with Crippen molar-refractivity contribution in [2.75, 3.05) is 11.1 Å². The van der Waals surface area contributed by atoms with Crippen molar-refractivity contribution in [3.8, 4) is 0 Å². The maximum atomic E-state index is 12.3. The molecule has 2 heterocycles. The summed E-state index contributed by atoms with van der Waals surface area (Å²) >= 11 is 2.96. The fourth-order valence-electron chi connectivity index (χ4n) is 2.34. The molecule has 1 unspecified atom stereocenters. The van der Waals surface area contributed by atoms with Gasteiger partial charge in [-0.15, -0.1) is 11.3 Å². The van der Waals surface area contributed by atoms with Gasteiger partial charge < -0.3 is 5.73 Å². The van der Waals surface area contributed by atoms with Crippen molar-refractivity contribution in [1.82, 2.24) is 4.98 Å². The maximum absolute atomic E-state index is 12.3. The van der Waals surface area contributed by atoms with Crippen molar-refractivity contribution in [3.63, 3.8) is 0 Å². The normalized spacial score (nSPS) is 21.2. The van der Waals surface area contributed by atoms with E-state index >= 15 is 0 Å². The lowest BCUT2D eigenvalue weighted by molar-refractivity contribution is 0.102. The fourth-order valence-corrected chi connectivity index (χ4v) is 3.84. The molecule has 3 rings (SSSR count). The Morgan fingerprint density at radius 3 is 3.05 bits per heavy atom. The van der Waals surface area contributed by atoms with Gasteiger partial charge in [-0.2, -0.15) is 0 Å². The number of nitrogens with two attached hydrogens (primary N) is 1. The first-order chi connectivity index (χ1) is 10.6. The van der Waals surface area contributed by atoms with Crippen LogP contribution in [0.4, 0.5) is 5.13 Å². The van der Waals surface area contributed by atoms with E-state index in [0.29, 0.717) is 15.9 Å². The third kappa shape index (κ3) is 3.15. The summed E-state index contributed by atoms with van der Waals surface area (Å²) in [5.74, 6) is 0.768. The van der Waals surface area contributed by atoms with Crippen LogP contribution in [0.3, 0.4) is 0 Å². The molecule has 1 atom stereocenters. The van der Waals surface area contributed by atoms with Gasteiger partial charge in [0.1, 0.15) is 0 Å². The van der Waals surface area contributed by atoms with E-state index in [1.165, 1.54) is 11.3 Å². The van der Waals surface area contributed by atoms with Crippen molar-refractivity contribution >= 4 is 39.3 Å². The van der Waals surface area contributed by atoms with Crippen molar-refractivity contribution in [3.05, 3.63) is 47.0 Å². The number of benzene rings is 1. The number of anilines is 1. The second-order valence-electron chi connectivity index (χ2n) is 5.19. The minimum absolute atomic E-state index is 0.164. The Balaban J connectivity index is 1.86. The van der Waals surface area contributed by atoms with Crippen molar-refractivity contribution < 1.29 is 4.79 Å². The molecule has 0 saturated heterocycles. The average Bonchev–Trinajstić information content (AvgIpc) is 3.00. The number of thiazole rings is 1. The first-order valence-electron chi connectivity index (χ1n) is 6.86. The lowest BCUT2D eigenvalue weighted by Crippen LogP contribution is -2.29. The van der Waals surface area contributed by atoms with Crippen LogP contribution in [-0.2, 0) is 5.54 Å². The third-order valence-corrected chi connectivity index (χ3v) is 5.08. The van der Waals surface area contributed by atoms with Gasteiger partial charge in [0.25, 0.3) is 5.91 Å². The van der Waals surface area contributed by atoms with Crippen LogP contribution in [0.1, 0.15) is 29.3 Å². The third-order valence-electron chi connectivity index (χ3n) is 3.60. The van der Waals surface area contributed by atoms with Crippen LogP contribution in [0.15, 0.2) is 40.8 Å². The summed E-state index contributed by atoms with van der Waals surface area (Å²) in [6.45, 7) is 2.05. The summed E-state index contributed by atoms with van der Waals surface area (Å²) in [6, 6.07) is 7.55. The Labute approximate surface area is 137 Å². The molecule has 2 aromatic rings. The van der Waals surface area contributed by atoms with Crippen LogP contribution in [0.2, 0.25) is 0 Å². The van der Waals surface area contributed by atoms with Gasteiger partial charge in [-0.05, 0) is 31.0 Å². The molecule has 0 saturated carbocycles. The smallest absolute Gasteiger partial charge is 0.257 e. The molecular weight excluding hydrogens is 316 g/mol.